The van der Waals surface area contributed by atoms with Crippen molar-refractivity contribution in [1.82, 2.24) is 4.73 Å². The molecule has 0 saturated carbocycles. The van der Waals surface area contributed by atoms with E-state index >= 15 is 0 Å². The zero-order valence-corrected chi connectivity index (χ0v) is 26.7. The Hall–Kier alpha value is -5.59. The monoisotopic (exact) mass is 654 g/mol. The molecule has 2 aromatic heterocycles. The molecule has 2 heterocycles. The maximum Gasteiger partial charge on any atom is 0.298 e. The van der Waals surface area contributed by atoms with Crippen molar-refractivity contribution in [2.45, 2.75) is 13.8 Å². The molecule has 1 aromatic carbocycles. The predicted octanol–water partition coefficient (Wildman–Crippen LogP) is 2.25. The molecule has 18 heteroatoms. The molecule has 0 spiro atoms. The third-order valence-electron chi connectivity index (χ3n) is 5.70. The molecule has 0 aliphatic heterocycles. The van der Waals surface area contributed by atoms with E-state index in [0.29, 0.717) is 34.6 Å². The van der Waals surface area contributed by atoms with E-state index in [2.05, 4.69) is 24.8 Å². The Kier molecular flexibility index (Phi) is 13.1. The number of benzene rings is 1. The van der Waals surface area contributed by atoms with Crippen LogP contribution in [0.25, 0.3) is 0 Å². The number of nitro benzene ring substituents is 1. The number of nitrogens with one attached hydrogen (secondary N) is 1. The molecule has 4 N–H and O–H groups in total. The van der Waals surface area contributed by atoms with Gasteiger partial charge in [0.15, 0.2) is 23.6 Å². The average Bonchev–Trinajstić information content (AvgIpc) is 2.99. The fourth-order valence-corrected chi connectivity index (χ4v) is 3.32. The van der Waals surface area contributed by atoms with Crippen LogP contribution in [0.15, 0.2) is 105 Å². The molecule has 0 fully saturated rings. The highest BCUT2D eigenvalue weighted by Gasteiger charge is 2.15. The van der Waals surface area contributed by atoms with Gasteiger partial charge in [0, 0.05) is 38.1 Å². The number of aromatic nitrogens is 2. The van der Waals surface area contributed by atoms with Crippen molar-refractivity contribution in [1.29, 1.82) is 5.41 Å². The van der Waals surface area contributed by atoms with Gasteiger partial charge in [-0.15, -0.1) is 20.4 Å². The molecular formula is C28H34N10O7S. The number of aryl methyl sites for hydroxylation is 2. The lowest BCUT2D eigenvalue weighted by Crippen LogP contribution is -2.25. The van der Waals surface area contributed by atoms with Crippen molar-refractivity contribution in [3.05, 3.63) is 106 Å². The summed E-state index contributed by atoms with van der Waals surface area (Å²) in [5.74, 6) is 0. The summed E-state index contributed by atoms with van der Waals surface area (Å²) in [5, 5.41) is 53.2. The lowest BCUT2D eigenvalue weighted by atomic mass is 10.0. The van der Waals surface area contributed by atoms with Gasteiger partial charge in [-0.1, -0.05) is 0 Å². The molecular weight excluding hydrogens is 620 g/mol. The van der Waals surface area contributed by atoms with E-state index in [1.807, 2.05) is 44.9 Å². The minimum absolute atomic E-state index is 0.0646. The molecule has 17 nitrogen and oxygen atoms in total. The first-order chi connectivity index (χ1) is 21.5. The molecule has 0 unspecified atom stereocenters. The predicted molar refractivity (Wildman–Crippen MR) is 168 cm³/mol. The van der Waals surface area contributed by atoms with Crippen LogP contribution in [0.3, 0.4) is 0 Å². The second-order valence-electron chi connectivity index (χ2n) is 9.86. The Morgan fingerprint density at radius 2 is 1.78 bits per heavy atom. The van der Waals surface area contributed by atoms with Crippen LogP contribution in [0.1, 0.15) is 12.5 Å². The summed E-state index contributed by atoms with van der Waals surface area (Å²) in [7, 11) is 1.80. The summed E-state index contributed by atoms with van der Waals surface area (Å²) >= 11 is 0. The minimum atomic E-state index is -3.72. The number of azo groups is 1. The van der Waals surface area contributed by atoms with E-state index in [-0.39, 0.29) is 11.4 Å². The smallest absolute Gasteiger partial charge is 0.298 e. The van der Waals surface area contributed by atoms with Crippen LogP contribution in [-0.4, -0.2) is 55.1 Å². The Labute approximate surface area is 264 Å². The summed E-state index contributed by atoms with van der Waals surface area (Å²) < 4.78 is 24.3. The van der Waals surface area contributed by atoms with Crippen LogP contribution in [0.5, 0.6) is 0 Å². The van der Waals surface area contributed by atoms with E-state index in [4.69, 9.17) is 16.4 Å². The Morgan fingerprint density at radius 1 is 1.11 bits per heavy atom. The lowest BCUT2D eigenvalue weighted by Gasteiger charge is -2.11. The SMILES string of the molecule is CC1=CC(=NN=c2cc(C)ccn2O)C(N)=CC1=N.CN(C)c1ccc(N=Nc2ccc[n+](C)c2)c([N+](=O)[O-])c1.CS(=O)(=O)O[O-]. The molecule has 3 aromatic rings. The summed E-state index contributed by atoms with van der Waals surface area (Å²) in [6.07, 6.45) is 9.05. The number of nitrogens with two attached hydrogens (primary N) is 1. The third-order valence-corrected chi connectivity index (χ3v) is 5.94. The molecule has 0 saturated heterocycles. The molecule has 0 amide bonds. The van der Waals surface area contributed by atoms with Gasteiger partial charge in [0.05, 0.1) is 22.6 Å². The van der Waals surface area contributed by atoms with Crippen LogP contribution >= 0.6 is 0 Å². The van der Waals surface area contributed by atoms with Crippen molar-refractivity contribution in [2.24, 2.45) is 33.2 Å². The molecule has 46 heavy (non-hydrogen) atoms. The number of rotatable bonds is 6. The van der Waals surface area contributed by atoms with Gasteiger partial charge in [0.2, 0.25) is 0 Å². The maximum atomic E-state index is 11.1. The lowest BCUT2D eigenvalue weighted by molar-refractivity contribution is -0.670. The highest BCUT2D eigenvalue weighted by atomic mass is 32.2. The Morgan fingerprint density at radius 3 is 2.37 bits per heavy atom. The van der Waals surface area contributed by atoms with Gasteiger partial charge in [0.1, 0.15) is 18.4 Å². The van der Waals surface area contributed by atoms with Crippen LogP contribution in [-0.2, 0) is 21.5 Å². The summed E-state index contributed by atoms with van der Waals surface area (Å²) in [6, 6.07) is 11.9. The Balaban J connectivity index is 0.000000273. The number of nitrogens with zero attached hydrogens (tertiary/aromatic N) is 8. The number of hydrogen-bond donors (Lipinski definition) is 3. The highest BCUT2D eigenvalue weighted by Crippen LogP contribution is 2.32. The number of hydrogen-bond acceptors (Lipinski definition) is 14. The van der Waals surface area contributed by atoms with Crippen molar-refractivity contribution < 1.29 is 32.7 Å². The topological polar surface area (TPSA) is 241 Å². The molecule has 0 atom stereocenters. The zero-order chi connectivity index (χ0) is 34.6. The van der Waals surface area contributed by atoms with Crippen LogP contribution in [0.2, 0.25) is 0 Å². The molecule has 0 radical (unpaired) electrons. The van der Waals surface area contributed by atoms with Gasteiger partial charge >= 0.3 is 0 Å². The van der Waals surface area contributed by atoms with Gasteiger partial charge in [0.25, 0.3) is 15.8 Å². The van der Waals surface area contributed by atoms with Crippen molar-refractivity contribution in [3.63, 3.8) is 0 Å². The van der Waals surface area contributed by atoms with Gasteiger partial charge in [-0.3, -0.25) is 10.1 Å². The zero-order valence-electron chi connectivity index (χ0n) is 25.9. The summed E-state index contributed by atoms with van der Waals surface area (Å²) in [4.78, 5) is 12.5. The minimum Gasteiger partial charge on any atom is -0.707 e. The summed E-state index contributed by atoms with van der Waals surface area (Å²) in [6.45, 7) is 3.70. The fourth-order valence-electron chi connectivity index (χ4n) is 3.32. The van der Waals surface area contributed by atoms with E-state index in [9.17, 15) is 23.7 Å². The van der Waals surface area contributed by atoms with E-state index < -0.39 is 15.0 Å². The second kappa shape index (κ2) is 16.5. The van der Waals surface area contributed by atoms with E-state index in [1.165, 1.54) is 18.3 Å². The van der Waals surface area contributed by atoms with E-state index in [0.717, 1.165) is 21.6 Å². The first-order valence-electron chi connectivity index (χ1n) is 13.1. The number of pyridine rings is 2. The van der Waals surface area contributed by atoms with E-state index in [1.54, 1.807) is 54.4 Å². The molecule has 0 bridgehead atoms. The molecule has 4 rings (SSSR count). The van der Waals surface area contributed by atoms with Crippen LogP contribution in [0, 0.1) is 22.4 Å². The second-order valence-corrected chi connectivity index (χ2v) is 11.4. The molecule has 1 aliphatic carbocycles. The maximum absolute atomic E-state index is 11.1. The van der Waals surface area contributed by atoms with Crippen molar-refractivity contribution in [3.8, 4) is 0 Å². The number of nitro groups is 1. The van der Waals surface area contributed by atoms with Gasteiger partial charge in [-0.2, -0.15) is 4.73 Å². The molecule has 244 valence electrons. The van der Waals surface area contributed by atoms with Crippen molar-refractivity contribution >= 4 is 44.3 Å². The van der Waals surface area contributed by atoms with Crippen LogP contribution in [0.4, 0.5) is 22.7 Å². The third kappa shape index (κ3) is 11.8. The fraction of sp³-hybridized carbons (Fsp3) is 0.214. The standard InChI is InChI=1S/C14H16N5O2.C13H15N5O.CH4O4S/c1-17(2)12-6-7-13(14(9-12)19(20)21)16-15-11-5-4-8-18(3)10-11;1-8-3-4-18(19)13(5-8)17-16-12-6-9(2)10(14)7-11(12)15;1-6(3,4)5-2/h4-10H,1-3H3;3-7,14,19H,15H2,1-2H3;2H,1H3/q+1;;/p-1. The summed E-state index contributed by atoms with van der Waals surface area (Å²) in [5.41, 5.74) is 10.6. The number of anilines is 1. The normalized spacial score (nSPS) is 14.1. The quantitative estimate of drug-likeness (QED) is 0.0670. The highest BCUT2D eigenvalue weighted by molar-refractivity contribution is 7.85. The van der Waals surface area contributed by atoms with Gasteiger partial charge in [-0.25, -0.2) is 13.0 Å². The number of allylic oxidation sites excluding steroid dienone is 3. The average molecular weight is 655 g/mol. The first-order valence-corrected chi connectivity index (χ1v) is 14.9. The van der Waals surface area contributed by atoms with Gasteiger partial charge in [-0.05, 0) is 67.5 Å². The largest absolute Gasteiger partial charge is 0.707 e. The molecule has 1 aliphatic rings. The first kappa shape index (κ1) is 36.6. The Bertz CT molecular complexity index is 1900. The van der Waals surface area contributed by atoms with Crippen molar-refractivity contribution in [2.75, 3.05) is 25.3 Å². The van der Waals surface area contributed by atoms with Gasteiger partial charge < -0.3 is 30.8 Å². The van der Waals surface area contributed by atoms with Crippen LogP contribution < -0.4 is 25.9 Å².